The van der Waals surface area contributed by atoms with Crippen LogP contribution in [0.2, 0.25) is 0 Å². The average molecular weight is 389 g/mol. The number of hydrogen-bond acceptors (Lipinski definition) is 1. The van der Waals surface area contributed by atoms with Gasteiger partial charge in [-0.2, -0.15) is 0 Å². The molecule has 0 saturated heterocycles. The predicted molar refractivity (Wildman–Crippen MR) is 123 cm³/mol. The van der Waals surface area contributed by atoms with Crippen LogP contribution in [0.15, 0.2) is 84.9 Å². The molecule has 0 aliphatic heterocycles. The van der Waals surface area contributed by atoms with Crippen LogP contribution in [0.3, 0.4) is 0 Å². The van der Waals surface area contributed by atoms with Crippen molar-refractivity contribution in [3.8, 4) is 22.3 Å². The molecule has 0 radical (unpaired) electrons. The van der Waals surface area contributed by atoms with E-state index in [1.54, 1.807) is 0 Å². The van der Waals surface area contributed by atoms with Crippen LogP contribution in [0, 0.1) is 0 Å². The van der Waals surface area contributed by atoms with E-state index in [4.69, 9.17) is 0 Å². The van der Waals surface area contributed by atoms with Gasteiger partial charge in [-0.3, -0.25) is 0 Å². The van der Waals surface area contributed by atoms with Gasteiger partial charge in [0.1, 0.15) is 0 Å². The zero-order valence-electron chi connectivity index (χ0n) is 16.9. The lowest BCUT2D eigenvalue weighted by molar-refractivity contribution is 0.288. The molecule has 30 heavy (non-hydrogen) atoms. The molecule has 0 spiro atoms. The van der Waals surface area contributed by atoms with Gasteiger partial charge in [0, 0.05) is 12.5 Å². The van der Waals surface area contributed by atoms with E-state index in [-0.39, 0.29) is 12.5 Å². The Morgan fingerprint density at radius 1 is 0.633 bits per heavy atom. The number of rotatable bonds is 4. The second-order valence-electron chi connectivity index (χ2n) is 8.43. The van der Waals surface area contributed by atoms with Gasteiger partial charge in [0.2, 0.25) is 0 Å². The highest BCUT2D eigenvalue weighted by atomic mass is 16.2. The van der Waals surface area contributed by atoms with Crippen LogP contribution in [0.4, 0.5) is 0 Å². The van der Waals surface area contributed by atoms with Crippen molar-refractivity contribution < 1.29 is 5.11 Å². The van der Waals surface area contributed by atoms with Crippen molar-refractivity contribution in [2.24, 2.45) is 0 Å². The van der Waals surface area contributed by atoms with Gasteiger partial charge in [-0.05, 0) is 74.9 Å². The zero-order chi connectivity index (χ0) is 20.1. The van der Waals surface area contributed by atoms with E-state index < -0.39 is 0 Å². The van der Waals surface area contributed by atoms with Crippen LogP contribution in [-0.4, -0.2) is 11.7 Å². The normalized spacial score (nSPS) is 13.6. The van der Waals surface area contributed by atoms with Crippen LogP contribution in [0.5, 0.6) is 0 Å². The van der Waals surface area contributed by atoms with Crippen LogP contribution in [-0.2, 0) is 12.8 Å². The lowest BCUT2D eigenvalue weighted by Gasteiger charge is -2.21. The van der Waals surface area contributed by atoms with E-state index in [0.29, 0.717) is 0 Å². The molecule has 146 valence electrons. The standard InChI is InChI=1S/C29H24O/c30-17-7-14-23-27(16-15-24-20-9-2-1-8-19(20)18-28(23)24)29-25-12-5-3-10-21(25)22-11-4-6-13-26(22)29/h1-6,8-13,15-16,29-30H,7,14,17-18H2. The van der Waals surface area contributed by atoms with Gasteiger partial charge in [-0.25, -0.2) is 0 Å². The molecule has 1 N–H and O–H groups in total. The van der Waals surface area contributed by atoms with E-state index in [9.17, 15) is 5.11 Å². The quantitative estimate of drug-likeness (QED) is 0.373. The van der Waals surface area contributed by atoms with Gasteiger partial charge < -0.3 is 5.11 Å². The third-order valence-corrected chi connectivity index (χ3v) is 6.87. The fourth-order valence-electron chi connectivity index (χ4n) is 5.61. The minimum absolute atomic E-state index is 0.230. The molecule has 1 nitrogen and oxygen atoms in total. The van der Waals surface area contributed by atoms with Gasteiger partial charge in [-0.1, -0.05) is 84.9 Å². The Hall–Kier alpha value is -3.16. The summed E-state index contributed by atoms with van der Waals surface area (Å²) >= 11 is 0. The Kier molecular flexibility index (Phi) is 4.11. The number of fused-ring (bicyclic) bond motifs is 6. The molecule has 6 rings (SSSR count). The monoisotopic (exact) mass is 388 g/mol. The van der Waals surface area contributed by atoms with E-state index in [1.165, 1.54) is 55.6 Å². The molecular weight excluding hydrogens is 364 g/mol. The number of benzene rings is 4. The molecule has 1 heteroatoms. The van der Waals surface area contributed by atoms with E-state index >= 15 is 0 Å². The zero-order valence-corrected chi connectivity index (χ0v) is 16.9. The molecule has 0 unspecified atom stereocenters. The van der Waals surface area contributed by atoms with E-state index in [1.807, 2.05) is 0 Å². The topological polar surface area (TPSA) is 20.2 Å². The average Bonchev–Trinajstić information content (AvgIpc) is 3.33. The first kappa shape index (κ1) is 17.7. The fraction of sp³-hybridized carbons (Fsp3) is 0.172. The highest BCUT2D eigenvalue weighted by molar-refractivity contribution is 5.83. The van der Waals surface area contributed by atoms with Crippen molar-refractivity contribution in [3.63, 3.8) is 0 Å². The number of aliphatic hydroxyl groups excluding tert-OH is 1. The molecule has 2 aliphatic rings. The van der Waals surface area contributed by atoms with Crippen LogP contribution in [0.1, 0.15) is 45.7 Å². The summed E-state index contributed by atoms with van der Waals surface area (Å²) in [4.78, 5) is 0. The lowest BCUT2D eigenvalue weighted by atomic mass is 9.82. The summed E-state index contributed by atoms with van der Waals surface area (Å²) < 4.78 is 0. The van der Waals surface area contributed by atoms with Gasteiger partial charge in [0.05, 0.1) is 0 Å². The fourth-order valence-corrected chi connectivity index (χ4v) is 5.61. The molecule has 0 heterocycles. The molecular formula is C29H24O. The molecule has 4 aromatic rings. The van der Waals surface area contributed by atoms with Gasteiger partial charge in [0.15, 0.2) is 0 Å². The number of aliphatic hydroxyl groups is 1. The van der Waals surface area contributed by atoms with Gasteiger partial charge in [0.25, 0.3) is 0 Å². The first-order chi connectivity index (χ1) is 14.9. The second kappa shape index (κ2) is 6.97. The summed E-state index contributed by atoms with van der Waals surface area (Å²) in [5.41, 5.74) is 14.0. The SMILES string of the molecule is OCCCc1c(C2c3ccccc3-c3ccccc32)ccc2c1Cc1ccccc1-2. The van der Waals surface area contributed by atoms with Crippen molar-refractivity contribution in [1.82, 2.24) is 0 Å². The third kappa shape index (κ3) is 2.52. The molecule has 0 atom stereocenters. The summed E-state index contributed by atoms with van der Waals surface area (Å²) in [6, 6.07) is 31.2. The van der Waals surface area contributed by atoms with E-state index in [0.717, 1.165) is 19.3 Å². The molecule has 0 saturated carbocycles. The minimum Gasteiger partial charge on any atom is -0.396 e. The molecule has 0 fully saturated rings. The molecule has 0 amide bonds. The maximum atomic E-state index is 9.62. The van der Waals surface area contributed by atoms with Crippen LogP contribution >= 0.6 is 0 Å². The summed E-state index contributed by atoms with van der Waals surface area (Å²) in [6.07, 6.45) is 2.72. The van der Waals surface area contributed by atoms with Crippen molar-refractivity contribution in [2.45, 2.75) is 25.2 Å². The summed E-state index contributed by atoms with van der Waals surface area (Å²) in [7, 11) is 0. The maximum Gasteiger partial charge on any atom is 0.0434 e. The summed E-state index contributed by atoms with van der Waals surface area (Å²) in [5, 5.41) is 9.62. The summed E-state index contributed by atoms with van der Waals surface area (Å²) in [6.45, 7) is 0.230. The molecule has 0 bridgehead atoms. The number of hydrogen-bond donors (Lipinski definition) is 1. The van der Waals surface area contributed by atoms with Crippen molar-refractivity contribution >= 4 is 0 Å². The van der Waals surface area contributed by atoms with Gasteiger partial charge >= 0.3 is 0 Å². The summed E-state index contributed by atoms with van der Waals surface area (Å²) in [5.74, 6) is 0.264. The highest BCUT2D eigenvalue weighted by Crippen LogP contribution is 2.50. The Balaban J connectivity index is 1.58. The maximum absolute atomic E-state index is 9.62. The predicted octanol–water partition coefficient (Wildman–Crippen LogP) is 6.34. The second-order valence-corrected chi connectivity index (χ2v) is 8.43. The van der Waals surface area contributed by atoms with Crippen molar-refractivity contribution in [2.75, 3.05) is 6.61 Å². The van der Waals surface area contributed by atoms with Crippen molar-refractivity contribution in [3.05, 3.63) is 118 Å². The Bertz CT molecular complexity index is 1220. The molecule has 4 aromatic carbocycles. The Labute approximate surface area is 177 Å². The largest absolute Gasteiger partial charge is 0.396 e. The smallest absolute Gasteiger partial charge is 0.0434 e. The first-order valence-electron chi connectivity index (χ1n) is 10.9. The first-order valence-corrected chi connectivity index (χ1v) is 10.9. The molecule has 0 aromatic heterocycles. The third-order valence-electron chi connectivity index (χ3n) is 6.87. The minimum atomic E-state index is 0.230. The van der Waals surface area contributed by atoms with E-state index in [2.05, 4.69) is 84.9 Å². The Morgan fingerprint density at radius 3 is 1.97 bits per heavy atom. The van der Waals surface area contributed by atoms with Crippen LogP contribution in [0.25, 0.3) is 22.3 Å². The Morgan fingerprint density at radius 2 is 1.27 bits per heavy atom. The molecule has 2 aliphatic carbocycles. The van der Waals surface area contributed by atoms with Gasteiger partial charge in [-0.15, -0.1) is 0 Å². The van der Waals surface area contributed by atoms with Crippen molar-refractivity contribution in [1.29, 1.82) is 0 Å². The highest BCUT2D eigenvalue weighted by Gasteiger charge is 2.32. The van der Waals surface area contributed by atoms with Crippen LogP contribution < -0.4 is 0 Å². The lowest BCUT2D eigenvalue weighted by Crippen LogP contribution is -2.07.